The summed E-state index contributed by atoms with van der Waals surface area (Å²) in [5, 5.41) is 3.34. The third kappa shape index (κ3) is 10.3. The van der Waals surface area contributed by atoms with Gasteiger partial charge in [0.15, 0.2) is 0 Å². The lowest BCUT2D eigenvalue weighted by atomic mass is 10.0. The molecule has 9 rings (SSSR count). The molecule has 0 aliphatic carbocycles. The Hall–Kier alpha value is -5.34. The molecule has 3 aromatic heterocycles. The maximum absolute atomic E-state index is 6.65. The predicted molar refractivity (Wildman–Crippen MR) is 301 cm³/mol. The number of aromatic nitrogens is 2. The summed E-state index contributed by atoms with van der Waals surface area (Å²) in [6.07, 6.45) is 16.0. The van der Waals surface area contributed by atoms with Gasteiger partial charge in [0.2, 0.25) is 0 Å². The number of unbranched alkanes of at least 4 members (excludes halogenated alkanes) is 10. The van der Waals surface area contributed by atoms with Gasteiger partial charge in [-0.05, 0) is 79.0 Å². The van der Waals surface area contributed by atoms with Gasteiger partial charge in [0.05, 0.1) is 40.5 Å². The van der Waals surface area contributed by atoms with E-state index in [1.807, 2.05) is 18.3 Å². The fraction of sp³-hybridized carbons (Fsp3) is 0.355. The van der Waals surface area contributed by atoms with Crippen LogP contribution in [0.4, 0.5) is 0 Å². The van der Waals surface area contributed by atoms with Crippen molar-refractivity contribution in [1.82, 2.24) is 9.97 Å². The normalized spacial score (nSPS) is 12.7. The first-order chi connectivity index (χ1) is 33.9. The lowest BCUT2D eigenvalue weighted by Gasteiger charge is -2.31. The molecule has 5 aromatic carbocycles. The summed E-state index contributed by atoms with van der Waals surface area (Å²) in [6, 6.07) is 47.6. The maximum atomic E-state index is 6.65. The highest BCUT2D eigenvalue weighted by molar-refractivity contribution is 7.19. The molecule has 356 valence electrons. The second kappa shape index (κ2) is 22.6. The van der Waals surface area contributed by atoms with Crippen molar-refractivity contribution in [3.63, 3.8) is 0 Å². The monoisotopic (exact) mass is 966 g/mol. The summed E-state index contributed by atoms with van der Waals surface area (Å²) in [7, 11) is -2.12. The van der Waals surface area contributed by atoms with Gasteiger partial charge in [-0.2, -0.15) is 0 Å². The second-order valence-corrected chi connectivity index (χ2v) is 25.7. The molecule has 0 atom stereocenters. The van der Waals surface area contributed by atoms with Crippen molar-refractivity contribution < 1.29 is 9.47 Å². The largest absolute Gasteiger partial charge is 0.493 e. The van der Waals surface area contributed by atoms with E-state index in [4.69, 9.17) is 19.4 Å². The minimum atomic E-state index is -2.12. The number of ether oxygens (including phenoxy) is 2. The zero-order chi connectivity index (χ0) is 47.7. The Bertz CT molecular complexity index is 2980. The molecule has 0 bridgehead atoms. The summed E-state index contributed by atoms with van der Waals surface area (Å²) >= 11 is 3.59. The minimum absolute atomic E-state index is 0.589. The first-order valence-electron chi connectivity index (χ1n) is 26.1. The molecule has 1 aliphatic rings. The lowest BCUT2D eigenvalue weighted by molar-refractivity contribution is 0.340. The van der Waals surface area contributed by atoms with Crippen LogP contribution in [0, 0.1) is 13.8 Å². The molecule has 4 nitrogen and oxygen atoms in total. The van der Waals surface area contributed by atoms with Crippen molar-refractivity contribution in [1.29, 1.82) is 0 Å². The molecular formula is C62H70N2O2S2Si. The van der Waals surface area contributed by atoms with E-state index >= 15 is 0 Å². The Morgan fingerprint density at radius 1 is 0.449 bits per heavy atom. The van der Waals surface area contributed by atoms with Gasteiger partial charge in [-0.3, -0.25) is 0 Å². The van der Waals surface area contributed by atoms with Crippen LogP contribution in [0.3, 0.4) is 0 Å². The molecule has 0 spiro atoms. The maximum Gasteiger partial charge on any atom is 0.138 e. The van der Waals surface area contributed by atoms with E-state index in [1.165, 1.54) is 116 Å². The number of rotatable bonds is 23. The van der Waals surface area contributed by atoms with Crippen LogP contribution in [0.1, 0.15) is 115 Å². The molecule has 8 aromatic rings. The molecule has 0 unspecified atom stereocenters. The van der Waals surface area contributed by atoms with Gasteiger partial charge in [-0.1, -0.05) is 206 Å². The third-order valence-corrected chi connectivity index (χ3v) is 21.9. The third-order valence-electron chi connectivity index (χ3n) is 14.3. The van der Waals surface area contributed by atoms with Crippen molar-refractivity contribution in [2.75, 3.05) is 13.2 Å². The number of nitrogens with zero attached hydrogens (tertiary/aromatic N) is 2. The van der Waals surface area contributed by atoms with Crippen LogP contribution in [-0.4, -0.2) is 31.3 Å². The van der Waals surface area contributed by atoms with Gasteiger partial charge in [0, 0.05) is 36.9 Å². The number of benzene rings is 5. The molecule has 1 aliphatic heterocycles. The van der Waals surface area contributed by atoms with Crippen LogP contribution in [-0.2, 0) is 0 Å². The van der Waals surface area contributed by atoms with Gasteiger partial charge < -0.3 is 9.47 Å². The summed E-state index contributed by atoms with van der Waals surface area (Å²) in [6.45, 7) is 14.4. The van der Waals surface area contributed by atoms with Crippen molar-refractivity contribution in [3.8, 4) is 76.5 Å². The van der Waals surface area contributed by atoms with Gasteiger partial charge in [-0.15, -0.1) is 22.7 Å². The molecule has 0 N–H and O–H groups in total. The average molecular weight is 967 g/mol. The van der Waals surface area contributed by atoms with Crippen molar-refractivity contribution in [2.24, 2.45) is 0 Å². The lowest BCUT2D eigenvalue weighted by Crippen LogP contribution is -2.55. The number of aryl methyl sites for hydroxylation is 2. The second-order valence-electron chi connectivity index (χ2n) is 19.1. The molecule has 0 saturated heterocycles. The Labute approximate surface area is 421 Å². The van der Waals surface area contributed by atoms with Gasteiger partial charge >= 0.3 is 0 Å². The zero-order valence-corrected chi connectivity index (χ0v) is 44.5. The van der Waals surface area contributed by atoms with Crippen LogP contribution >= 0.6 is 22.7 Å². The molecular weight excluding hydrogens is 897 g/mol. The Kier molecular flexibility index (Phi) is 15.9. The highest BCUT2D eigenvalue weighted by atomic mass is 32.1. The Morgan fingerprint density at radius 3 is 1.49 bits per heavy atom. The van der Waals surface area contributed by atoms with E-state index in [-0.39, 0.29) is 0 Å². The quantitative estimate of drug-likeness (QED) is 0.0473. The van der Waals surface area contributed by atoms with E-state index in [0.717, 1.165) is 70.8 Å². The molecule has 69 heavy (non-hydrogen) atoms. The summed E-state index contributed by atoms with van der Waals surface area (Å²) in [5.41, 5.74) is 13.3. The Morgan fingerprint density at radius 2 is 0.928 bits per heavy atom. The van der Waals surface area contributed by atoms with E-state index in [2.05, 4.69) is 156 Å². The number of hydrogen-bond donors (Lipinski definition) is 0. The molecule has 0 radical (unpaired) electrons. The topological polar surface area (TPSA) is 44.2 Å². The Balaban J connectivity index is 1.20. The molecule has 4 heterocycles. The minimum Gasteiger partial charge on any atom is -0.493 e. The predicted octanol–water partition coefficient (Wildman–Crippen LogP) is 17.8. The van der Waals surface area contributed by atoms with E-state index in [1.54, 1.807) is 21.7 Å². The van der Waals surface area contributed by atoms with Crippen LogP contribution in [0.15, 0.2) is 121 Å². The fourth-order valence-corrected chi connectivity index (χ4v) is 18.7. The van der Waals surface area contributed by atoms with E-state index in [9.17, 15) is 0 Å². The molecule has 7 heteroatoms. The van der Waals surface area contributed by atoms with E-state index in [0.29, 0.717) is 13.2 Å². The van der Waals surface area contributed by atoms with Crippen LogP contribution in [0.2, 0.25) is 12.1 Å². The van der Waals surface area contributed by atoms with Crippen molar-refractivity contribution in [2.45, 2.75) is 131 Å². The summed E-state index contributed by atoms with van der Waals surface area (Å²) < 4.78 is 12.8. The standard InChI is InChI=1S/C62H70N2O2S2Si/c1-7-11-13-15-17-25-37-69(38-26-18-16-14-12-8-2)56-39-43(5)31-33-48(56)49-34-32-47(40-57(49)69)62-53(66-10-4)42-55(68-62)51-36-35-50(54-41-52(65-9-3)44(6)67-54)60-61(51)64-59(46-29-23-20-24-30-46)58(63-60)45-27-21-19-22-28-45/h19-24,27-36,39-42H,7-18,25-26,37-38H2,1-6H3. The summed E-state index contributed by atoms with van der Waals surface area (Å²) in [5.74, 6) is 1.86. The average Bonchev–Trinajstić information content (AvgIpc) is 4.05. The SMILES string of the molecule is CCCCCCCC[Si]1(CCCCCCCC)c2cc(C)ccc2-c2ccc(-c3sc(-c4ccc(-c5cc(OCC)c(C)s5)c5nc(-c6ccccc6)c(-c6ccccc6)nc45)cc3OCC)cc21. The van der Waals surface area contributed by atoms with Gasteiger partial charge in [0.25, 0.3) is 0 Å². The highest BCUT2D eigenvalue weighted by Gasteiger charge is 2.44. The van der Waals surface area contributed by atoms with Crippen LogP contribution in [0.25, 0.3) is 76.0 Å². The first-order valence-corrected chi connectivity index (χ1v) is 30.1. The van der Waals surface area contributed by atoms with Crippen molar-refractivity contribution in [3.05, 3.63) is 132 Å². The highest BCUT2D eigenvalue weighted by Crippen LogP contribution is 2.48. The molecule has 0 saturated carbocycles. The number of thiophene rings is 2. The van der Waals surface area contributed by atoms with Gasteiger partial charge in [0.1, 0.15) is 19.6 Å². The van der Waals surface area contributed by atoms with E-state index < -0.39 is 8.07 Å². The summed E-state index contributed by atoms with van der Waals surface area (Å²) in [4.78, 5) is 15.9. The zero-order valence-electron chi connectivity index (χ0n) is 41.9. The number of fused-ring (bicyclic) bond motifs is 4. The number of hydrogen-bond acceptors (Lipinski definition) is 6. The van der Waals surface area contributed by atoms with Crippen molar-refractivity contribution >= 4 is 52.2 Å². The van der Waals surface area contributed by atoms with Crippen LogP contribution < -0.4 is 19.8 Å². The molecule has 0 fully saturated rings. The van der Waals surface area contributed by atoms with Crippen LogP contribution in [0.5, 0.6) is 11.5 Å². The smallest absolute Gasteiger partial charge is 0.138 e. The fourth-order valence-electron chi connectivity index (χ4n) is 10.8. The molecule has 0 amide bonds. The van der Waals surface area contributed by atoms with Gasteiger partial charge in [-0.25, -0.2) is 9.97 Å². The first kappa shape index (κ1) is 48.7.